The Bertz CT molecular complexity index is 586. The smallest absolute Gasteiger partial charge is 0.338 e. The van der Waals surface area contributed by atoms with E-state index in [1.807, 2.05) is 0 Å². The average Bonchev–Trinajstić information content (AvgIpc) is 3.07. The van der Waals surface area contributed by atoms with Crippen molar-refractivity contribution in [3.63, 3.8) is 0 Å². The fraction of sp³-hybridized carbons (Fsp3) is 0.611. The zero-order chi connectivity index (χ0) is 15.6. The highest BCUT2D eigenvalue weighted by Crippen LogP contribution is 2.33. The summed E-state index contributed by atoms with van der Waals surface area (Å²) in [4.78, 5) is 14.9. The van der Waals surface area contributed by atoms with Gasteiger partial charge >= 0.3 is 5.97 Å². The predicted octanol–water partition coefficient (Wildman–Crippen LogP) is 2.84. The second-order valence-corrected chi connectivity index (χ2v) is 6.67. The minimum atomic E-state index is -0.267. The first-order valence-corrected chi connectivity index (χ1v) is 8.62. The SMILES string of the molecule is O=C(OC[C@@H]1CCCN2CCCC[C@@H]12)c1ccc2c(c1)OCO2. The largest absolute Gasteiger partial charge is 0.462 e. The molecule has 0 aromatic heterocycles. The number of nitrogens with zero attached hydrogens (tertiary/aromatic N) is 1. The van der Waals surface area contributed by atoms with Crippen LogP contribution >= 0.6 is 0 Å². The molecule has 0 aliphatic carbocycles. The van der Waals surface area contributed by atoms with Crippen LogP contribution in [0.1, 0.15) is 42.5 Å². The molecule has 3 aliphatic heterocycles. The standard InChI is InChI=1S/C18H23NO4/c20-18(13-6-7-16-17(10-13)23-12-22-16)21-11-14-4-3-9-19-8-2-1-5-15(14)19/h6-7,10,14-15H,1-5,8-9,11-12H2/t14-,15-/m0/s1. The molecular formula is C18H23NO4. The van der Waals surface area contributed by atoms with Crippen molar-refractivity contribution in [3.8, 4) is 11.5 Å². The topological polar surface area (TPSA) is 48.0 Å². The van der Waals surface area contributed by atoms with Gasteiger partial charge in [0, 0.05) is 12.0 Å². The molecule has 124 valence electrons. The molecule has 0 unspecified atom stereocenters. The van der Waals surface area contributed by atoms with Crippen LogP contribution in [0.15, 0.2) is 18.2 Å². The third-order valence-corrected chi connectivity index (χ3v) is 5.27. The molecule has 0 saturated carbocycles. The van der Waals surface area contributed by atoms with Crippen molar-refractivity contribution in [1.29, 1.82) is 0 Å². The molecule has 2 atom stereocenters. The van der Waals surface area contributed by atoms with Crippen LogP contribution in [0, 0.1) is 5.92 Å². The number of rotatable bonds is 3. The van der Waals surface area contributed by atoms with Crippen LogP contribution in [-0.4, -0.2) is 43.4 Å². The van der Waals surface area contributed by atoms with Crippen molar-refractivity contribution < 1.29 is 19.0 Å². The molecule has 0 bridgehead atoms. The Labute approximate surface area is 136 Å². The Hall–Kier alpha value is -1.75. The molecule has 0 spiro atoms. The lowest BCUT2D eigenvalue weighted by Gasteiger charge is -2.44. The Morgan fingerprint density at radius 2 is 2.00 bits per heavy atom. The Morgan fingerprint density at radius 1 is 1.13 bits per heavy atom. The molecule has 23 heavy (non-hydrogen) atoms. The Morgan fingerprint density at radius 3 is 2.96 bits per heavy atom. The van der Waals surface area contributed by atoms with Gasteiger partial charge in [-0.1, -0.05) is 6.42 Å². The fourth-order valence-electron chi connectivity index (χ4n) is 4.06. The van der Waals surface area contributed by atoms with E-state index >= 15 is 0 Å². The van der Waals surface area contributed by atoms with Gasteiger partial charge in [0.15, 0.2) is 11.5 Å². The van der Waals surface area contributed by atoms with E-state index in [2.05, 4.69) is 4.90 Å². The fourth-order valence-corrected chi connectivity index (χ4v) is 4.06. The minimum absolute atomic E-state index is 0.216. The van der Waals surface area contributed by atoms with Crippen molar-refractivity contribution in [2.75, 3.05) is 26.5 Å². The van der Waals surface area contributed by atoms with Gasteiger partial charge < -0.3 is 14.2 Å². The predicted molar refractivity (Wildman–Crippen MR) is 84.8 cm³/mol. The third-order valence-electron chi connectivity index (χ3n) is 5.27. The number of ether oxygens (including phenoxy) is 3. The number of fused-ring (bicyclic) bond motifs is 2. The third kappa shape index (κ3) is 3.02. The summed E-state index contributed by atoms with van der Waals surface area (Å²) in [6, 6.07) is 5.81. The van der Waals surface area contributed by atoms with Crippen LogP contribution in [0.5, 0.6) is 11.5 Å². The monoisotopic (exact) mass is 317 g/mol. The second-order valence-electron chi connectivity index (χ2n) is 6.67. The number of carbonyl (C=O) groups is 1. The van der Waals surface area contributed by atoms with Gasteiger partial charge in [-0.25, -0.2) is 4.79 Å². The van der Waals surface area contributed by atoms with Crippen molar-refractivity contribution in [1.82, 2.24) is 4.90 Å². The van der Waals surface area contributed by atoms with E-state index in [1.165, 1.54) is 38.8 Å². The Kier molecular flexibility index (Phi) is 4.12. The van der Waals surface area contributed by atoms with Crippen LogP contribution in [0.25, 0.3) is 0 Å². The summed E-state index contributed by atoms with van der Waals surface area (Å²) >= 11 is 0. The van der Waals surface area contributed by atoms with Gasteiger partial charge in [-0.15, -0.1) is 0 Å². The van der Waals surface area contributed by atoms with Crippen molar-refractivity contribution in [2.24, 2.45) is 5.92 Å². The van der Waals surface area contributed by atoms with Crippen molar-refractivity contribution in [3.05, 3.63) is 23.8 Å². The minimum Gasteiger partial charge on any atom is -0.462 e. The number of piperidine rings is 2. The molecule has 5 nitrogen and oxygen atoms in total. The molecule has 3 aliphatic rings. The van der Waals surface area contributed by atoms with E-state index < -0.39 is 0 Å². The molecule has 0 radical (unpaired) electrons. The maximum atomic E-state index is 12.3. The second kappa shape index (κ2) is 6.40. The van der Waals surface area contributed by atoms with Gasteiger partial charge in [0.05, 0.1) is 12.2 Å². The summed E-state index contributed by atoms with van der Waals surface area (Å²) in [5.74, 6) is 1.51. The number of hydrogen-bond acceptors (Lipinski definition) is 5. The molecule has 2 saturated heterocycles. The zero-order valence-electron chi connectivity index (χ0n) is 13.3. The first-order chi connectivity index (χ1) is 11.3. The molecule has 0 amide bonds. The summed E-state index contributed by atoms with van der Waals surface area (Å²) < 4.78 is 16.2. The molecule has 5 heteroatoms. The Balaban J connectivity index is 1.37. The highest BCUT2D eigenvalue weighted by atomic mass is 16.7. The maximum Gasteiger partial charge on any atom is 0.338 e. The summed E-state index contributed by atoms with van der Waals surface area (Å²) in [6.45, 7) is 3.15. The summed E-state index contributed by atoms with van der Waals surface area (Å²) in [6.07, 6.45) is 6.22. The number of benzene rings is 1. The lowest BCUT2D eigenvalue weighted by Crippen LogP contribution is -2.49. The van der Waals surface area contributed by atoms with Crippen LogP contribution in [-0.2, 0) is 4.74 Å². The lowest BCUT2D eigenvalue weighted by molar-refractivity contribution is 0.00737. The maximum absolute atomic E-state index is 12.3. The number of hydrogen-bond donors (Lipinski definition) is 0. The van der Waals surface area contributed by atoms with Crippen molar-refractivity contribution in [2.45, 2.75) is 38.1 Å². The van der Waals surface area contributed by atoms with Gasteiger partial charge in [0.2, 0.25) is 6.79 Å². The van der Waals surface area contributed by atoms with Crippen LogP contribution in [0.4, 0.5) is 0 Å². The lowest BCUT2D eigenvalue weighted by atomic mass is 9.84. The molecular weight excluding hydrogens is 294 g/mol. The van der Waals surface area contributed by atoms with Crippen molar-refractivity contribution >= 4 is 5.97 Å². The molecule has 0 N–H and O–H groups in total. The molecule has 4 rings (SSSR count). The van der Waals surface area contributed by atoms with Gasteiger partial charge in [-0.05, 0) is 57.0 Å². The normalized spacial score (nSPS) is 26.6. The number of carbonyl (C=O) groups excluding carboxylic acids is 1. The van der Waals surface area contributed by atoms with E-state index in [-0.39, 0.29) is 12.8 Å². The molecule has 3 heterocycles. The highest BCUT2D eigenvalue weighted by molar-refractivity contribution is 5.90. The van der Waals surface area contributed by atoms with E-state index in [1.54, 1.807) is 18.2 Å². The van der Waals surface area contributed by atoms with E-state index in [9.17, 15) is 4.79 Å². The average molecular weight is 317 g/mol. The number of esters is 1. The van der Waals surface area contributed by atoms with Gasteiger partial charge in [0.25, 0.3) is 0 Å². The highest BCUT2D eigenvalue weighted by Gasteiger charge is 2.33. The van der Waals surface area contributed by atoms with E-state index in [0.717, 1.165) is 6.42 Å². The van der Waals surface area contributed by atoms with Crippen LogP contribution in [0.3, 0.4) is 0 Å². The van der Waals surface area contributed by atoms with Crippen LogP contribution < -0.4 is 9.47 Å². The zero-order valence-corrected chi connectivity index (χ0v) is 13.3. The van der Waals surface area contributed by atoms with Gasteiger partial charge in [-0.2, -0.15) is 0 Å². The quantitative estimate of drug-likeness (QED) is 0.802. The van der Waals surface area contributed by atoms with Gasteiger partial charge in [0.1, 0.15) is 0 Å². The van der Waals surface area contributed by atoms with E-state index in [0.29, 0.717) is 35.6 Å². The first-order valence-electron chi connectivity index (χ1n) is 8.62. The molecule has 2 fully saturated rings. The summed E-state index contributed by atoms with van der Waals surface area (Å²) in [5, 5.41) is 0. The first kappa shape index (κ1) is 14.8. The molecule has 1 aromatic carbocycles. The van der Waals surface area contributed by atoms with Gasteiger partial charge in [-0.3, -0.25) is 4.90 Å². The van der Waals surface area contributed by atoms with E-state index in [4.69, 9.17) is 14.2 Å². The summed E-state index contributed by atoms with van der Waals surface area (Å²) in [5.41, 5.74) is 0.533. The van der Waals surface area contributed by atoms with Crippen LogP contribution in [0.2, 0.25) is 0 Å². The summed E-state index contributed by atoms with van der Waals surface area (Å²) in [7, 11) is 0. The molecule has 1 aromatic rings.